The van der Waals surface area contributed by atoms with E-state index in [1.807, 2.05) is 6.92 Å². The molecule has 0 N–H and O–H groups in total. The lowest BCUT2D eigenvalue weighted by molar-refractivity contribution is -0.133. The fraction of sp³-hybridized carbons (Fsp3) is 0.133. The maximum atomic E-state index is 12.1. The van der Waals surface area contributed by atoms with Gasteiger partial charge in [0.05, 0.1) is 7.11 Å². The second kappa shape index (κ2) is 6.76. The number of carbonyl (C=O) groups excluding carboxylic acids is 1. The van der Waals surface area contributed by atoms with Crippen molar-refractivity contribution < 1.29 is 22.1 Å². The van der Waals surface area contributed by atoms with Gasteiger partial charge in [-0.05, 0) is 30.5 Å². The lowest BCUT2D eigenvalue weighted by Gasteiger charge is -2.06. The Bertz CT molecular complexity index is 772. The summed E-state index contributed by atoms with van der Waals surface area (Å²) in [5.74, 6) is -0.665. The van der Waals surface area contributed by atoms with Crippen molar-refractivity contribution in [3.8, 4) is 0 Å². The summed E-state index contributed by atoms with van der Waals surface area (Å²) in [5.41, 5.74) is 0.983. The first-order valence-corrected chi connectivity index (χ1v) is 8.55. The first-order chi connectivity index (χ1) is 10.4. The first kappa shape index (κ1) is 16.3. The summed E-state index contributed by atoms with van der Waals surface area (Å²) >= 11 is 1.28. The van der Waals surface area contributed by atoms with Crippen LogP contribution >= 0.6 is 11.3 Å². The van der Waals surface area contributed by atoms with Crippen LogP contribution in [0.2, 0.25) is 0 Å². The molecule has 0 amide bonds. The fourth-order valence-corrected chi connectivity index (χ4v) is 3.14. The van der Waals surface area contributed by atoms with Crippen LogP contribution in [-0.2, 0) is 23.8 Å². The molecule has 0 saturated heterocycles. The molecule has 1 heterocycles. The van der Waals surface area contributed by atoms with Gasteiger partial charge in [-0.25, -0.2) is 4.79 Å². The van der Waals surface area contributed by atoms with Gasteiger partial charge in [0, 0.05) is 4.88 Å². The smallest absolute Gasteiger partial charge is 0.342 e. The van der Waals surface area contributed by atoms with Gasteiger partial charge in [-0.3, -0.25) is 0 Å². The molecule has 0 aliphatic rings. The minimum Gasteiger partial charge on any atom is -0.465 e. The zero-order valence-corrected chi connectivity index (χ0v) is 13.6. The van der Waals surface area contributed by atoms with Crippen molar-refractivity contribution in [2.75, 3.05) is 7.11 Å². The van der Waals surface area contributed by atoms with Crippen LogP contribution in [0.5, 0.6) is 0 Å². The van der Waals surface area contributed by atoms with E-state index in [9.17, 15) is 13.2 Å². The number of hydrogen-bond acceptors (Lipinski definition) is 6. The number of esters is 1. The lowest BCUT2D eigenvalue weighted by atomic mass is 10.2. The molecular formula is C15H14O5S2. The Balaban J connectivity index is 2.30. The number of hydrogen-bond donors (Lipinski definition) is 0. The molecule has 0 unspecified atom stereocenters. The molecule has 0 spiro atoms. The van der Waals surface area contributed by atoms with E-state index < -0.39 is 16.1 Å². The van der Waals surface area contributed by atoms with Gasteiger partial charge in [-0.1, -0.05) is 23.8 Å². The molecule has 5 nitrogen and oxygen atoms in total. The number of ether oxygens (including phenoxy) is 1. The Hall–Kier alpha value is -2.12. The molecular weight excluding hydrogens is 324 g/mol. The van der Waals surface area contributed by atoms with E-state index in [1.54, 1.807) is 29.6 Å². The van der Waals surface area contributed by atoms with E-state index >= 15 is 0 Å². The van der Waals surface area contributed by atoms with Gasteiger partial charge in [0.1, 0.15) is 16.7 Å². The number of thiophene rings is 1. The Morgan fingerprint density at radius 2 is 1.86 bits per heavy atom. The van der Waals surface area contributed by atoms with Crippen LogP contribution in [-0.4, -0.2) is 21.5 Å². The molecule has 2 aromatic rings. The SMILES string of the molecule is COC(=O)/C(=C\OS(=O)(=O)c1ccc(C)cc1)c1cccs1. The van der Waals surface area contributed by atoms with Gasteiger partial charge >= 0.3 is 16.1 Å². The molecule has 0 aliphatic heterocycles. The van der Waals surface area contributed by atoms with Crippen molar-refractivity contribution in [1.82, 2.24) is 0 Å². The van der Waals surface area contributed by atoms with Crippen molar-refractivity contribution in [3.63, 3.8) is 0 Å². The van der Waals surface area contributed by atoms with Crippen LogP contribution in [0.3, 0.4) is 0 Å². The number of carbonyl (C=O) groups is 1. The van der Waals surface area contributed by atoms with Gasteiger partial charge in [0.15, 0.2) is 0 Å². The van der Waals surface area contributed by atoms with Crippen molar-refractivity contribution in [1.29, 1.82) is 0 Å². The summed E-state index contributed by atoms with van der Waals surface area (Å²) in [6, 6.07) is 9.64. The van der Waals surface area contributed by atoms with Crippen molar-refractivity contribution in [2.45, 2.75) is 11.8 Å². The molecule has 0 radical (unpaired) electrons. The molecule has 22 heavy (non-hydrogen) atoms. The van der Waals surface area contributed by atoms with E-state index in [0.29, 0.717) is 4.88 Å². The number of rotatable bonds is 5. The second-order valence-corrected chi connectivity index (χ2v) is 6.88. The minimum absolute atomic E-state index is 0.0183. The third-order valence-electron chi connectivity index (χ3n) is 2.79. The van der Waals surface area contributed by atoms with E-state index in [-0.39, 0.29) is 10.5 Å². The predicted molar refractivity (Wildman–Crippen MR) is 83.8 cm³/mol. The molecule has 0 aliphatic carbocycles. The topological polar surface area (TPSA) is 69.7 Å². The fourth-order valence-electron chi connectivity index (χ4n) is 1.62. The van der Waals surface area contributed by atoms with Gasteiger partial charge in [0.2, 0.25) is 0 Å². The Morgan fingerprint density at radius 3 is 2.41 bits per heavy atom. The van der Waals surface area contributed by atoms with Gasteiger partial charge < -0.3 is 8.92 Å². The highest BCUT2D eigenvalue weighted by atomic mass is 32.2. The number of benzene rings is 1. The molecule has 1 aromatic carbocycles. The zero-order chi connectivity index (χ0) is 16.2. The van der Waals surface area contributed by atoms with Crippen LogP contribution in [0.15, 0.2) is 52.9 Å². The average molecular weight is 338 g/mol. The molecule has 0 bridgehead atoms. The zero-order valence-electron chi connectivity index (χ0n) is 12.0. The number of methoxy groups -OCH3 is 1. The molecule has 0 atom stereocenters. The summed E-state index contributed by atoms with van der Waals surface area (Å²) in [5, 5.41) is 1.76. The van der Waals surface area contributed by atoms with Crippen LogP contribution < -0.4 is 0 Å². The Morgan fingerprint density at radius 1 is 1.18 bits per heavy atom. The van der Waals surface area contributed by atoms with E-state index in [1.165, 1.54) is 30.6 Å². The average Bonchev–Trinajstić information content (AvgIpc) is 3.01. The normalized spacial score (nSPS) is 12.0. The van der Waals surface area contributed by atoms with Gasteiger partial charge in [-0.15, -0.1) is 11.3 Å². The summed E-state index contributed by atoms with van der Waals surface area (Å²) in [6.45, 7) is 1.85. The molecule has 0 saturated carbocycles. The highest BCUT2D eigenvalue weighted by Gasteiger charge is 2.18. The Labute approximate surface area is 132 Å². The first-order valence-electron chi connectivity index (χ1n) is 6.26. The minimum atomic E-state index is -3.98. The maximum Gasteiger partial charge on any atom is 0.342 e. The molecule has 7 heteroatoms. The molecule has 0 fully saturated rings. The molecule has 1 aromatic heterocycles. The summed E-state index contributed by atoms with van der Waals surface area (Å²) in [6.07, 6.45) is 0.910. The second-order valence-electron chi connectivity index (χ2n) is 4.36. The van der Waals surface area contributed by atoms with E-state index in [2.05, 4.69) is 4.74 Å². The third-order valence-corrected chi connectivity index (χ3v) is 4.90. The van der Waals surface area contributed by atoms with Crippen molar-refractivity contribution >= 4 is 33.0 Å². The van der Waals surface area contributed by atoms with Gasteiger partial charge in [0.25, 0.3) is 0 Å². The van der Waals surface area contributed by atoms with Crippen LogP contribution in [0.4, 0.5) is 0 Å². The lowest BCUT2D eigenvalue weighted by Crippen LogP contribution is -2.07. The standard InChI is InChI=1S/C15H14O5S2/c1-11-5-7-12(8-6-11)22(17,18)20-10-13(15(16)19-2)14-4-3-9-21-14/h3-10H,1-2H3/b13-10-. The van der Waals surface area contributed by atoms with Gasteiger partial charge in [-0.2, -0.15) is 8.42 Å². The van der Waals surface area contributed by atoms with Crippen LogP contribution in [0.25, 0.3) is 5.57 Å². The predicted octanol–water partition coefficient (Wildman–Crippen LogP) is 2.98. The summed E-state index contributed by atoms with van der Waals surface area (Å²) < 4.78 is 33.8. The van der Waals surface area contributed by atoms with Crippen LogP contribution in [0.1, 0.15) is 10.4 Å². The van der Waals surface area contributed by atoms with Crippen molar-refractivity contribution in [2.24, 2.45) is 0 Å². The van der Waals surface area contributed by atoms with Crippen molar-refractivity contribution in [3.05, 3.63) is 58.5 Å². The summed E-state index contributed by atoms with van der Waals surface area (Å²) in [7, 11) is -2.76. The highest BCUT2D eigenvalue weighted by Crippen LogP contribution is 2.23. The number of aryl methyl sites for hydroxylation is 1. The summed E-state index contributed by atoms with van der Waals surface area (Å²) in [4.78, 5) is 12.3. The van der Waals surface area contributed by atoms with E-state index in [4.69, 9.17) is 4.18 Å². The third kappa shape index (κ3) is 3.75. The largest absolute Gasteiger partial charge is 0.465 e. The molecule has 116 valence electrons. The highest BCUT2D eigenvalue weighted by molar-refractivity contribution is 7.86. The molecule has 2 rings (SSSR count). The monoisotopic (exact) mass is 338 g/mol. The van der Waals surface area contributed by atoms with Crippen LogP contribution in [0, 0.1) is 6.92 Å². The maximum absolute atomic E-state index is 12.1. The Kier molecular flexibility index (Phi) is 4.99. The quantitative estimate of drug-likeness (QED) is 0.363. The van der Waals surface area contributed by atoms with E-state index in [0.717, 1.165) is 11.8 Å².